The molecular formula is C17H18N2O2S. The fourth-order valence-electron chi connectivity index (χ4n) is 3.46. The van der Waals surface area contributed by atoms with Crippen LogP contribution < -0.4 is 0 Å². The highest BCUT2D eigenvalue weighted by molar-refractivity contribution is 7.91. The second-order valence-electron chi connectivity index (χ2n) is 6.10. The Bertz CT molecular complexity index is 835. The van der Waals surface area contributed by atoms with Crippen LogP contribution in [0.2, 0.25) is 0 Å². The van der Waals surface area contributed by atoms with Crippen LogP contribution in [-0.4, -0.2) is 29.7 Å². The summed E-state index contributed by atoms with van der Waals surface area (Å²) in [6.07, 6.45) is 6.78. The number of hydrogen-bond acceptors (Lipinski definition) is 3. The zero-order chi connectivity index (χ0) is 15.2. The van der Waals surface area contributed by atoms with E-state index < -0.39 is 9.84 Å². The largest absolute Gasteiger partial charge is 0.261 e. The minimum atomic E-state index is -2.90. The Balaban J connectivity index is 1.73. The first kappa shape index (κ1) is 13.8. The van der Waals surface area contributed by atoms with Gasteiger partial charge in [0.25, 0.3) is 0 Å². The zero-order valence-electron chi connectivity index (χ0n) is 12.3. The summed E-state index contributed by atoms with van der Waals surface area (Å²) in [5.41, 5.74) is 4.83. The maximum absolute atomic E-state index is 11.8. The number of allylic oxidation sites excluding steroid dienone is 1. The molecule has 0 spiro atoms. The molecule has 1 atom stereocenters. The van der Waals surface area contributed by atoms with Gasteiger partial charge in [0.1, 0.15) is 0 Å². The topological polar surface area (TPSA) is 52.0 Å². The SMILES string of the molecule is O=S1(=O)CCC(n2ncc3c2/C(=C/c2ccccc2)CC3)C1. The third-order valence-corrected chi connectivity index (χ3v) is 6.28. The molecule has 2 aliphatic rings. The Labute approximate surface area is 130 Å². The van der Waals surface area contributed by atoms with Gasteiger partial charge in [0, 0.05) is 0 Å². The summed E-state index contributed by atoms with van der Waals surface area (Å²) < 4.78 is 25.5. The highest BCUT2D eigenvalue weighted by Gasteiger charge is 2.33. The van der Waals surface area contributed by atoms with Crippen LogP contribution in [0.5, 0.6) is 0 Å². The van der Waals surface area contributed by atoms with Gasteiger partial charge in [-0.15, -0.1) is 0 Å². The van der Waals surface area contributed by atoms with Crippen LogP contribution in [-0.2, 0) is 16.3 Å². The molecule has 4 rings (SSSR count). The summed E-state index contributed by atoms with van der Waals surface area (Å²) >= 11 is 0. The van der Waals surface area contributed by atoms with Crippen LogP contribution in [0.3, 0.4) is 0 Å². The number of nitrogens with zero attached hydrogens (tertiary/aromatic N) is 2. The third-order valence-electron chi connectivity index (χ3n) is 4.53. The maximum Gasteiger partial charge on any atom is 0.152 e. The number of sulfone groups is 1. The maximum atomic E-state index is 11.8. The Morgan fingerprint density at radius 2 is 2.00 bits per heavy atom. The highest BCUT2D eigenvalue weighted by Crippen LogP contribution is 2.37. The van der Waals surface area contributed by atoms with Gasteiger partial charge in [-0.05, 0) is 42.0 Å². The van der Waals surface area contributed by atoms with Crippen molar-refractivity contribution in [2.75, 3.05) is 11.5 Å². The summed E-state index contributed by atoms with van der Waals surface area (Å²) in [4.78, 5) is 0. The molecule has 2 heterocycles. The molecule has 0 saturated carbocycles. The first-order chi connectivity index (χ1) is 10.6. The van der Waals surface area contributed by atoms with E-state index in [1.807, 2.05) is 29.1 Å². The van der Waals surface area contributed by atoms with Crippen molar-refractivity contribution in [1.82, 2.24) is 9.78 Å². The van der Waals surface area contributed by atoms with Gasteiger partial charge in [-0.2, -0.15) is 5.10 Å². The Hall–Kier alpha value is -1.88. The lowest BCUT2D eigenvalue weighted by atomic mass is 10.1. The van der Waals surface area contributed by atoms with Crippen molar-refractivity contribution < 1.29 is 8.42 Å². The van der Waals surface area contributed by atoms with Crippen LogP contribution in [0.25, 0.3) is 11.6 Å². The molecule has 5 heteroatoms. The third kappa shape index (κ3) is 2.39. The minimum absolute atomic E-state index is 0.00831. The quantitative estimate of drug-likeness (QED) is 0.856. The first-order valence-corrected chi connectivity index (χ1v) is 9.47. The number of hydrogen-bond donors (Lipinski definition) is 0. The number of aryl methyl sites for hydroxylation is 1. The van der Waals surface area contributed by atoms with Gasteiger partial charge in [0.2, 0.25) is 0 Å². The van der Waals surface area contributed by atoms with E-state index in [9.17, 15) is 8.42 Å². The van der Waals surface area contributed by atoms with Gasteiger partial charge in [-0.3, -0.25) is 4.68 Å². The molecule has 2 aromatic rings. The smallest absolute Gasteiger partial charge is 0.152 e. The van der Waals surface area contributed by atoms with E-state index in [0.717, 1.165) is 18.5 Å². The molecule has 0 bridgehead atoms. The lowest BCUT2D eigenvalue weighted by Crippen LogP contribution is -2.14. The molecule has 1 unspecified atom stereocenters. The van der Waals surface area contributed by atoms with Crippen molar-refractivity contribution in [3.8, 4) is 0 Å². The second kappa shape index (κ2) is 5.09. The summed E-state index contributed by atoms with van der Waals surface area (Å²) in [6.45, 7) is 0. The number of rotatable bonds is 2. The fraction of sp³-hybridized carbons (Fsp3) is 0.353. The van der Waals surface area contributed by atoms with Gasteiger partial charge >= 0.3 is 0 Å². The van der Waals surface area contributed by atoms with Crippen LogP contribution in [0.15, 0.2) is 36.5 Å². The van der Waals surface area contributed by atoms with Gasteiger partial charge in [-0.25, -0.2) is 8.42 Å². The van der Waals surface area contributed by atoms with Crippen molar-refractivity contribution in [1.29, 1.82) is 0 Å². The van der Waals surface area contributed by atoms with Crippen molar-refractivity contribution >= 4 is 21.5 Å². The monoisotopic (exact) mass is 314 g/mol. The molecule has 22 heavy (non-hydrogen) atoms. The van der Waals surface area contributed by atoms with Crippen LogP contribution in [0, 0.1) is 0 Å². The predicted molar refractivity (Wildman–Crippen MR) is 87.2 cm³/mol. The van der Waals surface area contributed by atoms with Gasteiger partial charge in [0.05, 0.1) is 29.4 Å². The molecule has 1 aliphatic carbocycles. The number of benzene rings is 1. The molecule has 1 aliphatic heterocycles. The summed E-state index contributed by atoms with van der Waals surface area (Å²) in [7, 11) is -2.90. The van der Waals surface area contributed by atoms with E-state index in [2.05, 4.69) is 23.3 Å². The lowest BCUT2D eigenvalue weighted by molar-refractivity contribution is 0.495. The molecule has 0 radical (unpaired) electrons. The number of aromatic nitrogens is 2. The minimum Gasteiger partial charge on any atom is -0.261 e. The van der Waals surface area contributed by atoms with Crippen molar-refractivity contribution in [3.05, 3.63) is 53.3 Å². The van der Waals surface area contributed by atoms with E-state index in [4.69, 9.17) is 0 Å². The lowest BCUT2D eigenvalue weighted by Gasteiger charge is -2.13. The Kier molecular flexibility index (Phi) is 3.18. The molecule has 4 nitrogen and oxygen atoms in total. The molecule has 1 saturated heterocycles. The molecular weight excluding hydrogens is 296 g/mol. The highest BCUT2D eigenvalue weighted by atomic mass is 32.2. The van der Waals surface area contributed by atoms with Crippen molar-refractivity contribution in [2.45, 2.75) is 25.3 Å². The fourth-order valence-corrected chi connectivity index (χ4v) is 5.15. The summed E-state index contributed by atoms with van der Waals surface area (Å²) in [5.74, 6) is 0.504. The standard InChI is InChI=1S/C17H18N2O2S/c20-22(21)9-8-16(12-22)19-17-14(6-7-15(17)11-18-19)10-13-4-2-1-3-5-13/h1-5,10-11,16H,6-9,12H2/b14-10+. The molecule has 1 aromatic carbocycles. The average molecular weight is 314 g/mol. The van der Waals surface area contributed by atoms with Crippen LogP contribution in [0.1, 0.15) is 35.7 Å². The van der Waals surface area contributed by atoms with E-state index in [1.54, 1.807) is 0 Å². The summed E-state index contributed by atoms with van der Waals surface area (Å²) in [6, 6.07) is 10.2. The Morgan fingerprint density at radius 3 is 2.73 bits per heavy atom. The first-order valence-electron chi connectivity index (χ1n) is 7.65. The van der Waals surface area contributed by atoms with Crippen LogP contribution in [0.4, 0.5) is 0 Å². The molecule has 114 valence electrons. The average Bonchev–Trinajstić information content (AvgIpc) is 3.16. The second-order valence-corrected chi connectivity index (χ2v) is 8.33. The molecule has 0 N–H and O–H groups in total. The van der Waals surface area contributed by atoms with Gasteiger partial charge in [0.15, 0.2) is 9.84 Å². The molecule has 0 amide bonds. The molecule has 1 fully saturated rings. The van der Waals surface area contributed by atoms with Crippen molar-refractivity contribution in [2.24, 2.45) is 0 Å². The van der Waals surface area contributed by atoms with Crippen molar-refractivity contribution in [3.63, 3.8) is 0 Å². The predicted octanol–water partition coefficient (Wildman–Crippen LogP) is 2.73. The van der Waals surface area contributed by atoms with Crippen LogP contribution >= 0.6 is 0 Å². The zero-order valence-corrected chi connectivity index (χ0v) is 13.1. The van der Waals surface area contributed by atoms with E-state index >= 15 is 0 Å². The van der Waals surface area contributed by atoms with E-state index in [1.165, 1.54) is 16.7 Å². The van der Waals surface area contributed by atoms with E-state index in [-0.39, 0.29) is 17.5 Å². The summed E-state index contributed by atoms with van der Waals surface area (Å²) in [5, 5.41) is 4.49. The van der Waals surface area contributed by atoms with E-state index in [0.29, 0.717) is 6.42 Å². The number of fused-ring (bicyclic) bond motifs is 1. The molecule has 1 aromatic heterocycles. The van der Waals surface area contributed by atoms with Gasteiger partial charge < -0.3 is 0 Å². The van der Waals surface area contributed by atoms with Gasteiger partial charge in [-0.1, -0.05) is 30.3 Å². The Morgan fingerprint density at radius 1 is 1.18 bits per heavy atom. The normalized spacial score (nSPS) is 24.7.